The molecule has 0 aliphatic carbocycles. The molecule has 0 fully saturated rings. The lowest BCUT2D eigenvalue weighted by Gasteiger charge is -2.11. The van der Waals surface area contributed by atoms with Crippen molar-refractivity contribution in [3.8, 4) is 0 Å². The maximum absolute atomic E-state index is 12.5. The van der Waals surface area contributed by atoms with Gasteiger partial charge in [-0.15, -0.1) is 11.3 Å². The van der Waals surface area contributed by atoms with Crippen molar-refractivity contribution in [2.75, 3.05) is 19.4 Å². The van der Waals surface area contributed by atoms with Crippen molar-refractivity contribution in [2.45, 2.75) is 23.6 Å². The Balaban J connectivity index is 1.58. The molecule has 0 bridgehead atoms. The first-order valence-corrected chi connectivity index (χ1v) is 10.4. The average Bonchev–Trinajstić information content (AvgIpc) is 3.05. The number of thioether (sulfide) groups is 1. The first-order valence-electron chi connectivity index (χ1n) is 8.54. The fourth-order valence-electron chi connectivity index (χ4n) is 2.49. The van der Waals surface area contributed by atoms with E-state index in [9.17, 15) is 4.79 Å². The monoisotopic (exact) mass is 398 g/mol. The molecule has 1 amide bonds. The number of nitrogens with one attached hydrogen (secondary N) is 1. The largest absolute Gasteiger partial charge is 0.307 e. The van der Waals surface area contributed by atoms with Crippen molar-refractivity contribution in [1.29, 1.82) is 0 Å². The minimum absolute atomic E-state index is 0.153. The Morgan fingerprint density at radius 3 is 2.63 bits per heavy atom. The van der Waals surface area contributed by atoms with Gasteiger partial charge in [-0.2, -0.15) is 0 Å². The standard InChI is InChI=1S/C20H22N4OS2/c1-14-12-26-20(22-14)27-13-15-4-6-17(7-5-15)19(25)23-18-10-16(8-9-21-18)11-24(2)3/h4-10,12H,11,13H2,1-3H3,(H,21,23,25). The molecule has 0 saturated carbocycles. The molecule has 0 atom stereocenters. The third-order valence-electron chi connectivity index (χ3n) is 3.74. The van der Waals surface area contributed by atoms with Crippen molar-refractivity contribution >= 4 is 34.8 Å². The Morgan fingerprint density at radius 2 is 1.96 bits per heavy atom. The summed E-state index contributed by atoms with van der Waals surface area (Å²) in [6.45, 7) is 2.80. The van der Waals surface area contributed by atoms with Crippen LogP contribution in [-0.4, -0.2) is 34.9 Å². The van der Waals surface area contributed by atoms with Crippen LogP contribution in [-0.2, 0) is 12.3 Å². The molecule has 2 aromatic heterocycles. The molecular weight excluding hydrogens is 376 g/mol. The molecule has 0 aliphatic heterocycles. The summed E-state index contributed by atoms with van der Waals surface area (Å²) < 4.78 is 1.07. The molecule has 5 nitrogen and oxygen atoms in total. The van der Waals surface area contributed by atoms with E-state index < -0.39 is 0 Å². The molecule has 0 spiro atoms. The zero-order valence-electron chi connectivity index (χ0n) is 15.6. The fraction of sp³-hybridized carbons (Fsp3) is 0.250. The summed E-state index contributed by atoms with van der Waals surface area (Å²) in [5, 5.41) is 4.92. The van der Waals surface area contributed by atoms with Gasteiger partial charge in [-0.1, -0.05) is 23.9 Å². The van der Waals surface area contributed by atoms with Gasteiger partial charge in [-0.25, -0.2) is 9.97 Å². The number of nitrogens with zero attached hydrogens (tertiary/aromatic N) is 3. The molecule has 2 heterocycles. The normalized spacial score (nSPS) is 11.0. The van der Waals surface area contributed by atoms with E-state index in [0.717, 1.165) is 33.5 Å². The van der Waals surface area contributed by atoms with Crippen LogP contribution in [0.25, 0.3) is 0 Å². The summed E-state index contributed by atoms with van der Waals surface area (Å²) >= 11 is 3.37. The predicted octanol–water partition coefficient (Wildman–Crippen LogP) is 4.45. The second-order valence-corrected chi connectivity index (χ2v) is 8.56. The Hall–Kier alpha value is -2.22. The van der Waals surface area contributed by atoms with Gasteiger partial charge >= 0.3 is 0 Å². The zero-order valence-corrected chi connectivity index (χ0v) is 17.2. The highest BCUT2D eigenvalue weighted by Gasteiger charge is 2.08. The van der Waals surface area contributed by atoms with E-state index in [1.54, 1.807) is 29.3 Å². The van der Waals surface area contributed by atoms with Crippen LogP contribution >= 0.6 is 23.1 Å². The van der Waals surface area contributed by atoms with E-state index in [4.69, 9.17) is 0 Å². The zero-order chi connectivity index (χ0) is 19.2. The Kier molecular flexibility index (Phi) is 6.60. The van der Waals surface area contributed by atoms with Crippen molar-refractivity contribution < 1.29 is 4.79 Å². The summed E-state index contributed by atoms with van der Waals surface area (Å²) in [4.78, 5) is 23.2. The number of thiazole rings is 1. The lowest BCUT2D eigenvalue weighted by atomic mass is 10.1. The molecule has 140 valence electrons. The summed E-state index contributed by atoms with van der Waals surface area (Å²) in [5.74, 6) is 1.25. The van der Waals surface area contributed by atoms with Gasteiger partial charge in [0.15, 0.2) is 0 Å². The van der Waals surface area contributed by atoms with E-state index in [1.165, 1.54) is 0 Å². The van der Waals surface area contributed by atoms with Crippen molar-refractivity contribution in [3.63, 3.8) is 0 Å². The van der Waals surface area contributed by atoms with Gasteiger partial charge in [0.2, 0.25) is 0 Å². The lowest BCUT2D eigenvalue weighted by Crippen LogP contribution is -2.14. The number of rotatable bonds is 7. The second-order valence-electron chi connectivity index (χ2n) is 6.48. The highest BCUT2D eigenvalue weighted by atomic mass is 32.2. The van der Waals surface area contributed by atoms with Crippen molar-refractivity contribution in [1.82, 2.24) is 14.9 Å². The minimum atomic E-state index is -0.153. The summed E-state index contributed by atoms with van der Waals surface area (Å²) in [6.07, 6.45) is 1.72. The van der Waals surface area contributed by atoms with Crippen LogP contribution < -0.4 is 5.32 Å². The molecule has 3 rings (SSSR count). The molecule has 0 saturated heterocycles. The number of carbonyl (C=O) groups is 1. The van der Waals surface area contributed by atoms with Crippen LogP contribution in [0, 0.1) is 6.92 Å². The SMILES string of the molecule is Cc1csc(SCc2ccc(C(=O)Nc3cc(CN(C)C)ccn3)cc2)n1. The smallest absolute Gasteiger partial charge is 0.256 e. The first kappa shape index (κ1) is 19.5. The number of aromatic nitrogens is 2. The number of anilines is 1. The number of carbonyl (C=O) groups excluding carboxylic acids is 1. The summed E-state index contributed by atoms with van der Waals surface area (Å²) in [6, 6.07) is 11.5. The van der Waals surface area contributed by atoms with Crippen LogP contribution in [0.4, 0.5) is 5.82 Å². The quantitative estimate of drug-likeness (QED) is 0.596. The minimum Gasteiger partial charge on any atom is -0.307 e. The van der Waals surface area contributed by atoms with Gasteiger partial charge in [0.1, 0.15) is 10.2 Å². The van der Waals surface area contributed by atoms with Gasteiger partial charge in [0.25, 0.3) is 5.91 Å². The van der Waals surface area contributed by atoms with E-state index in [0.29, 0.717) is 11.4 Å². The van der Waals surface area contributed by atoms with E-state index in [2.05, 4.69) is 25.6 Å². The maximum atomic E-state index is 12.5. The third kappa shape index (κ3) is 5.89. The van der Waals surface area contributed by atoms with Crippen LogP contribution in [0.15, 0.2) is 52.3 Å². The molecule has 0 radical (unpaired) electrons. The van der Waals surface area contributed by atoms with Crippen LogP contribution in [0.2, 0.25) is 0 Å². The van der Waals surface area contributed by atoms with E-state index in [1.807, 2.05) is 57.4 Å². The lowest BCUT2D eigenvalue weighted by molar-refractivity contribution is 0.102. The predicted molar refractivity (Wildman–Crippen MR) is 112 cm³/mol. The Morgan fingerprint density at radius 1 is 1.19 bits per heavy atom. The number of hydrogen-bond donors (Lipinski definition) is 1. The highest BCUT2D eigenvalue weighted by Crippen LogP contribution is 2.26. The van der Waals surface area contributed by atoms with Crippen LogP contribution in [0.1, 0.15) is 27.2 Å². The van der Waals surface area contributed by atoms with Gasteiger partial charge in [0, 0.05) is 35.1 Å². The van der Waals surface area contributed by atoms with Gasteiger partial charge in [-0.05, 0) is 56.4 Å². The Labute approximate surface area is 167 Å². The van der Waals surface area contributed by atoms with Gasteiger partial charge in [0.05, 0.1) is 0 Å². The van der Waals surface area contributed by atoms with Crippen LogP contribution in [0.3, 0.4) is 0 Å². The number of benzene rings is 1. The fourth-order valence-corrected chi connectivity index (χ4v) is 4.30. The molecule has 0 aliphatic rings. The van der Waals surface area contributed by atoms with Crippen molar-refractivity contribution in [2.24, 2.45) is 0 Å². The number of aryl methyl sites for hydroxylation is 1. The molecule has 27 heavy (non-hydrogen) atoms. The topological polar surface area (TPSA) is 58.1 Å². The molecule has 1 aromatic carbocycles. The molecule has 0 unspecified atom stereocenters. The third-order valence-corrected chi connectivity index (χ3v) is 5.95. The van der Waals surface area contributed by atoms with Gasteiger partial charge < -0.3 is 10.2 Å². The number of pyridine rings is 1. The maximum Gasteiger partial charge on any atom is 0.256 e. The molecular formula is C20H22N4OS2. The first-order chi connectivity index (χ1) is 13.0. The second kappa shape index (κ2) is 9.12. The molecule has 1 N–H and O–H groups in total. The van der Waals surface area contributed by atoms with E-state index >= 15 is 0 Å². The van der Waals surface area contributed by atoms with Gasteiger partial charge in [-0.3, -0.25) is 4.79 Å². The highest BCUT2D eigenvalue weighted by molar-refractivity contribution is 8.00. The molecule has 7 heteroatoms. The average molecular weight is 399 g/mol. The summed E-state index contributed by atoms with van der Waals surface area (Å²) in [7, 11) is 4.02. The van der Waals surface area contributed by atoms with Crippen LogP contribution in [0.5, 0.6) is 0 Å². The number of hydrogen-bond acceptors (Lipinski definition) is 6. The van der Waals surface area contributed by atoms with Crippen molar-refractivity contribution in [3.05, 3.63) is 70.4 Å². The Bertz CT molecular complexity index is 906. The summed E-state index contributed by atoms with van der Waals surface area (Å²) in [5.41, 5.74) is 3.94. The molecule has 3 aromatic rings. The van der Waals surface area contributed by atoms with E-state index in [-0.39, 0.29) is 5.91 Å². The number of amides is 1.